The topological polar surface area (TPSA) is 25.2 Å². The summed E-state index contributed by atoms with van der Waals surface area (Å²) in [6.07, 6.45) is 5.93. The Kier molecular flexibility index (Phi) is 1.20. The summed E-state index contributed by atoms with van der Waals surface area (Å²) in [5.41, 5.74) is 0.581. The van der Waals surface area contributed by atoms with E-state index in [4.69, 9.17) is 4.42 Å². The van der Waals surface area contributed by atoms with Gasteiger partial charge in [0.15, 0.2) is 0 Å². The first-order valence-electron chi connectivity index (χ1n) is 4.68. The van der Waals surface area contributed by atoms with Crippen molar-refractivity contribution in [1.82, 2.24) is 5.32 Å². The third kappa shape index (κ3) is 0.686. The molecule has 0 unspecified atom stereocenters. The molecule has 2 aliphatic rings. The highest BCUT2D eigenvalue weighted by Crippen LogP contribution is 2.55. The molecule has 1 aromatic rings. The summed E-state index contributed by atoms with van der Waals surface area (Å²) in [5.74, 6) is 1.13. The van der Waals surface area contributed by atoms with E-state index in [1.165, 1.54) is 25.8 Å². The van der Waals surface area contributed by atoms with Crippen LogP contribution in [0.4, 0.5) is 0 Å². The quantitative estimate of drug-likeness (QED) is 0.685. The Morgan fingerprint density at radius 3 is 2.83 bits per heavy atom. The zero-order valence-electron chi connectivity index (χ0n) is 7.05. The van der Waals surface area contributed by atoms with Crippen LogP contribution in [0.25, 0.3) is 0 Å². The van der Waals surface area contributed by atoms with Gasteiger partial charge in [0, 0.05) is 12.0 Å². The molecule has 0 radical (unpaired) electrons. The second kappa shape index (κ2) is 2.13. The number of hydrogen-bond acceptors (Lipinski definition) is 2. The molecule has 0 aromatic carbocycles. The standard InChI is InChI=1S/C10H13NO/c1-3-8(12-6-1)9-10(7-11-9)4-2-5-10/h1,3,6,9,11H,2,4-5,7H2/t9-/m0/s1. The van der Waals surface area contributed by atoms with Gasteiger partial charge in [0.1, 0.15) is 5.76 Å². The van der Waals surface area contributed by atoms with Crippen molar-refractivity contribution in [3.8, 4) is 0 Å². The van der Waals surface area contributed by atoms with Crippen molar-refractivity contribution >= 4 is 0 Å². The molecule has 2 heteroatoms. The minimum absolute atomic E-state index is 0.515. The van der Waals surface area contributed by atoms with Crippen molar-refractivity contribution in [1.29, 1.82) is 0 Å². The first-order chi connectivity index (χ1) is 5.91. The Hall–Kier alpha value is -0.760. The average Bonchev–Trinajstić information content (AvgIpc) is 2.33. The van der Waals surface area contributed by atoms with Crippen LogP contribution in [-0.4, -0.2) is 6.54 Å². The van der Waals surface area contributed by atoms with E-state index in [1.54, 1.807) is 6.26 Å². The molecule has 1 saturated carbocycles. The molecule has 1 N–H and O–H groups in total. The summed E-state index contributed by atoms with van der Waals surface area (Å²) in [7, 11) is 0. The van der Waals surface area contributed by atoms with E-state index in [-0.39, 0.29) is 0 Å². The summed E-state index contributed by atoms with van der Waals surface area (Å²) in [6, 6.07) is 4.57. The second-order valence-corrected chi connectivity index (χ2v) is 4.05. The summed E-state index contributed by atoms with van der Waals surface area (Å²) < 4.78 is 5.41. The maximum absolute atomic E-state index is 5.41. The SMILES string of the molecule is c1coc([C@@H]2NCC23CCC3)c1. The van der Waals surface area contributed by atoms with Gasteiger partial charge >= 0.3 is 0 Å². The Morgan fingerprint density at radius 2 is 2.42 bits per heavy atom. The van der Waals surface area contributed by atoms with Crippen molar-refractivity contribution in [3.63, 3.8) is 0 Å². The number of nitrogens with one attached hydrogen (secondary N) is 1. The lowest BCUT2D eigenvalue weighted by Crippen LogP contribution is -2.59. The van der Waals surface area contributed by atoms with Crippen LogP contribution in [0.1, 0.15) is 31.1 Å². The van der Waals surface area contributed by atoms with Gasteiger partial charge in [-0.25, -0.2) is 0 Å². The fourth-order valence-corrected chi connectivity index (χ4v) is 2.45. The highest BCUT2D eigenvalue weighted by molar-refractivity contribution is 5.17. The van der Waals surface area contributed by atoms with Gasteiger partial charge in [-0.2, -0.15) is 0 Å². The van der Waals surface area contributed by atoms with Crippen LogP contribution in [0.3, 0.4) is 0 Å². The lowest BCUT2D eigenvalue weighted by atomic mass is 9.59. The molecule has 2 nitrogen and oxygen atoms in total. The average molecular weight is 163 g/mol. The van der Waals surface area contributed by atoms with E-state index in [9.17, 15) is 0 Å². The molecule has 2 fully saturated rings. The summed E-state index contributed by atoms with van der Waals surface area (Å²) in [5, 5.41) is 3.45. The van der Waals surface area contributed by atoms with E-state index in [0.29, 0.717) is 11.5 Å². The van der Waals surface area contributed by atoms with Gasteiger partial charge in [0.05, 0.1) is 12.3 Å². The van der Waals surface area contributed by atoms with Crippen LogP contribution in [0.2, 0.25) is 0 Å². The Balaban J connectivity index is 1.86. The monoisotopic (exact) mass is 163 g/mol. The molecule has 0 amide bonds. The van der Waals surface area contributed by atoms with Crippen molar-refractivity contribution in [2.75, 3.05) is 6.54 Å². The summed E-state index contributed by atoms with van der Waals surface area (Å²) in [4.78, 5) is 0. The molecule has 64 valence electrons. The fraction of sp³-hybridized carbons (Fsp3) is 0.600. The van der Waals surface area contributed by atoms with Crippen molar-refractivity contribution in [3.05, 3.63) is 24.2 Å². The van der Waals surface area contributed by atoms with E-state index in [1.807, 2.05) is 6.07 Å². The van der Waals surface area contributed by atoms with Crippen LogP contribution in [0, 0.1) is 5.41 Å². The lowest BCUT2D eigenvalue weighted by Gasteiger charge is -2.55. The van der Waals surface area contributed by atoms with Crippen molar-refractivity contribution in [2.24, 2.45) is 5.41 Å². The molecular weight excluding hydrogens is 150 g/mol. The maximum atomic E-state index is 5.41. The number of furan rings is 1. The van der Waals surface area contributed by atoms with Gasteiger partial charge in [-0.05, 0) is 25.0 Å². The van der Waals surface area contributed by atoms with Gasteiger partial charge in [-0.1, -0.05) is 6.42 Å². The smallest absolute Gasteiger partial charge is 0.121 e. The Labute approximate surface area is 72.0 Å². The molecule has 1 aliphatic carbocycles. The van der Waals surface area contributed by atoms with Crippen LogP contribution < -0.4 is 5.32 Å². The normalized spacial score (nSPS) is 31.2. The number of rotatable bonds is 1. The molecule has 1 aromatic heterocycles. The molecule has 1 aliphatic heterocycles. The van der Waals surface area contributed by atoms with Gasteiger partial charge in [-0.3, -0.25) is 0 Å². The largest absolute Gasteiger partial charge is 0.468 e. The van der Waals surface area contributed by atoms with Crippen LogP contribution >= 0.6 is 0 Å². The Morgan fingerprint density at radius 1 is 1.50 bits per heavy atom. The third-order valence-corrected chi connectivity index (χ3v) is 3.45. The summed E-state index contributed by atoms with van der Waals surface area (Å²) in [6.45, 7) is 1.19. The predicted molar refractivity (Wildman–Crippen MR) is 45.7 cm³/mol. The first-order valence-corrected chi connectivity index (χ1v) is 4.68. The molecular formula is C10H13NO. The fourth-order valence-electron chi connectivity index (χ4n) is 2.45. The second-order valence-electron chi connectivity index (χ2n) is 4.05. The summed E-state index contributed by atoms with van der Waals surface area (Å²) >= 11 is 0. The van der Waals surface area contributed by atoms with Gasteiger partial charge < -0.3 is 9.73 Å². The van der Waals surface area contributed by atoms with E-state index < -0.39 is 0 Å². The molecule has 0 bridgehead atoms. The third-order valence-electron chi connectivity index (χ3n) is 3.45. The van der Waals surface area contributed by atoms with Crippen molar-refractivity contribution in [2.45, 2.75) is 25.3 Å². The molecule has 12 heavy (non-hydrogen) atoms. The zero-order chi connectivity index (χ0) is 8.02. The molecule has 3 rings (SSSR count). The molecule has 1 atom stereocenters. The van der Waals surface area contributed by atoms with Crippen LogP contribution in [-0.2, 0) is 0 Å². The van der Waals surface area contributed by atoms with E-state index in [2.05, 4.69) is 11.4 Å². The Bertz CT molecular complexity index is 269. The molecule has 2 heterocycles. The highest BCUT2D eigenvalue weighted by atomic mass is 16.3. The van der Waals surface area contributed by atoms with Crippen molar-refractivity contribution < 1.29 is 4.42 Å². The lowest BCUT2D eigenvalue weighted by molar-refractivity contribution is -0.0159. The van der Waals surface area contributed by atoms with Gasteiger partial charge in [0.25, 0.3) is 0 Å². The maximum Gasteiger partial charge on any atom is 0.121 e. The number of hydrogen-bond donors (Lipinski definition) is 1. The van der Waals surface area contributed by atoms with Crippen LogP contribution in [0.15, 0.2) is 22.8 Å². The van der Waals surface area contributed by atoms with Crippen LogP contribution in [0.5, 0.6) is 0 Å². The minimum atomic E-state index is 0.515. The molecule has 1 spiro atoms. The van der Waals surface area contributed by atoms with Gasteiger partial charge in [0.2, 0.25) is 0 Å². The minimum Gasteiger partial charge on any atom is -0.468 e. The van der Waals surface area contributed by atoms with E-state index in [0.717, 1.165) is 5.76 Å². The predicted octanol–water partition coefficient (Wildman–Crippen LogP) is 2.09. The molecule has 1 saturated heterocycles. The highest BCUT2D eigenvalue weighted by Gasteiger charge is 2.52. The first kappa shape index (κ1) is 6.72. The zero-order valence-corrected chi connectivity index (χ0v) is 7.05. The van der Waals surface area contributed by atoms with E-state index >= 15 is 0 Å². The van der Waals surface area contributed by atoms with Gasteiger partial charge in [-0.15, -0.1) is 0 Å².